The van der Waals surface area contributed by atoms with Crippen LogP contribution < -0.4 is 10.3 Å². The first-order valence-corrected chi connectivity index (χ1v) is 10.4. The van der Waals surface area contributed by atoms with Gasteiger partial charge in [-0.25, -0.2) is 4.98 Å². The van der Waals surface area contributed by atoms with Crippen molar-refractivity contribution in [2.24, 2.45) is 0 Å². The molecule has 1 N–H and O–H groups in total. The summed E-state index contributed by atoms with van der Waals surface area (Å²) < 4.78 is 42.7. The van der Waals surface area contributed by atoms with Crippen LogP contribution in [-0.2, 0) is 0 Å². The molecular weight excluding hydrogens is 415 g/mol. The fraction of sp³-hybridized carbons (Fsp3) is 0.238. The molecule has 0 amide bonds. The van der Waals surface area contributed by atoms with Crippen molar-refractivity contribution in [3.8, 4) is 11.4 Å². The second-order valence-corrected chi connectivity index (χ2v) is 7.73. The second-order valence-electron chi connectivity index (χ2n) is 6.67. The molecule has 0 spiro atoms. The number of aromatic amines is 1. The van der Waals surface area contributed by atoms with Crippen molar-refractivity contribution < 1.29 is 17.9 Å². The Kier molecular flexibility index (Phi) is 5.46. The highest BCUT2D eigenvalue weighted by Gasteiger charge is 2.31. The number of halogens is 3. The number of hydrogen-bond donors (Lipinski definition) is 1. The van der Waals surface area contributed by atoms with Crippen molar-refractivity contribution >= 4 is 33.7 Å². The lowest BCUT2D eigenvalue weighted by Gasteiger charge is -2.13. The first-order valence-electron chi connectivity index (χ1n) is 9.40. The van der Waals surface area contributed by atoms with Gasteiger partial charge in [-0.15, -0.1) is 13.2 Å². The van der Waals surface area contributed by atoms with E-state index < -0.39 is 6.36 Å². The number of thioether (sulfide) groups is 1. The minimum absolute atomic E-state index is 0.306. The molecule has 5 nitrogen and oxygen atoms in total. The van der Waals surface area contributed by atoms with E-state index in [0.29, 0.717) is 21.9 Å². The summed E-state index contributed by atoms with van der Waals surface area (Å²) in [6, 6.07) is 12.7. The van der Waals surface area contributed by atoms with Crippen LogP contribution in [0.2, 0.25) is 0 Å². The standard InChI is InChI=1S/C21H18F3N3O2S/c1-2-3-12-30-20-26-17-15-6-4-5-7-16(15)25-18(17)19(28)27(20)13-8-10-14(11-9-13)29-21(22,23)24/h4-11,25H,2-3,12H2,1H3. The summed E-state index contributed by atoms with van der Waals surface area (Å²) in [4.78, 5) is 21.2. The summed E-state index contributed by atoms with van der Waals surface area (Å²) in [7, 11) is 0. The zero-order chi connectivity index (χ0) is 21.3. The summed E-state index contributed by atoms with van der Waals surface area (Å²) in [6.45, 7) is 2.07. The van der Waals surface area contributed by atoms with Crippen molar-refractivity contribution in [3.05, 3.63) is 58.9 Å². The van der Waals surface area contributed by atoms with Gasteiger partial charge in [0.15, 0.2) is 5.16 Å². The van der Waals surface area contributed by atoms with Gasteiger partial charge in [-0.05, 0) is 36.8 Å². The van der Waals surface area contributed by atoms with Crippen LogP contribution in [0.3, 0.4) is 0 Å². The quantitative estimate of drug-likeness (QED) is 0.242. The van der Waals surface area contributed by atoms with Crippen LogP contribution in [-0.4, -0.2) is 26.7 Å². The van der Waals surface area contributed by atoms with Crippen LogP contribution in [0.15, 0.2) is 58.5 Å². The maximum Gasteiger partial charge on any atom is 0.573 e. The smallest absolute Gasteiger partial charge is 0.406 e. The van der Waals surface area contributed by atoms with Gasteiger partial charge in [0.05, 0.1) is 5.69 Å². The van der Waals surface area contributed by atoms with E-state index in [1.165, 1.54) is 40.6 Å². The van der Waals surface area contributed by atoms with Crippen molar-refractivity contribution in [1.82, 2.24) is 14.5 Å². The summed E-state index contributed by atoms with van der Waals surface area (Å²) in [6.07, 6.45) is -2.83. The van der Waals surface area contributed by atoms with E-state index in [1.807, 2.05) is 24.3 Å². The molecule has 0 radical (unpaired) electrons. The zero-order valence-corrected chi connectivity index (χ0v) is 16.8. The Hall–Kier alpha value is -2.94. The lowest BCUT2D eigenvalue weighted by atomic mass is 10.2. The third-order valence-electron chi connectivity index (χ3n) is 4.55. The van der Waals surface area contributed by atoms with E-state index in [2.05, 4.69) is 16.6 Å². The van der Waals surface area contributed by atoms with Crippen LogP contribution in [0.5, 0.6) is 5.75 Å². The van der Waals surface area contributed by atoms with Crippen LogP contribution in [0.4, 0.5) is 13.2 Å². The summed E-state index contributed by atoms with van der Waals surface area (Å²) in [5, 5.41) is 1.35. The Labute approximate surface area is 173 Å². The Morgan fingerprint density at radius 1 is 1.13 bits per heavy atom. The van der Waals surface area contributed by atoms with Gasteiger partial charge in [-0.3, -0.25) is 9.36 Å². The highest BCUT2D eigenvalue weighted by molar-refractivity contribution is 7.99. The van der Waals surface area contributed by atoms with Crippen LogP contribution >= 0.6 is 11.8 Å². The Bertz CT molecular complexity index is 1250. The van der Waals surface area contributed by atoms with Crippen molar-refractivity contribution in [2.45, 2.75) is 31.3 Å². The second kappa shape index (κ2) is 8.06. The number of nitrogens with one attached hydrogen (secondary N) is 1. The summed E-state index contributed by atoms with van der Waals surface area (Å²) in [5.41, 5.74) is 1.85. The Balaban J connectivity index is 1.86. The number of para-hydroxylation sites is 1. The number of alkyl halides is 3. The van der Waals surface area contributed by atoms with Gasteiger partial charge in [-0.2, -0.15) is 0 Å². The summed E-state index contributed by atoms with van der Waals surface area (Å²) in [5.74, 6) is 0.422. The number of ether oxygens (including phenoxy) is 1. The molecule has 0 aliphatic carbocycles. The number of fused-ring (bicyclic) bond motifs is 3. The average Bonchev–Trinajstić information content (AvgIpc) is 3.07. The SMILES string of the molecule is CCCCSc1nc2c([nH]c3ccccc32)c(=O)n1-c1ccc(OC(F)(F)F)cc1. The van der Waals surface area contributed by atoms with Gasteiger partial charge in [0, 0.05) is 16.7 Å². The highest BCUT2D eigenvalue weighted by Crippen LogP contribution is 2.28. The fourth-order valence-electron chi connectivity index (χ4n) is 3.17. The van der Waals surface area contributed by atoms with Gasteiger partial charge in [0.25, 0.3) is 5.56 Å². The van der Waals surface area contributed by atoms with Crippen molar-refractivity contribution in [3.63, 3.8) is 0 Å². The number of unbranched alkanes of at least 4 members (excludes halogenated alkanes) is 1. The van der Waals surface area contributed by atoms with Gasteiger partial charge in [0.1, 0.15) is 16.8 Å². The topological polar surface area (TPSA) is 59.9 Å². The first-order chi connectivity index (χ1) is 14.4. The minimum Gasteiger partial charge on any atom is -0.406 e. The predicted molar refractivity (Wildman–Crippen MR) is 112 cm³/mol. The molecule has 0 bridgehead atoms. The molecule has 2 aromatic heterocycles. The molecule has 9 heteroatoms. The molecule has 30 heavy (non-hydrogen) atoms. The third kappa shape index (κ3) is 4.02. The third-order valence-corrected chi connectivity index (χ3v) is 5.58. The molecule has 0 atom stereocenters. The fourth-order valence-corrected chi connectivity index (χ4v) is 4.26. The molecule has 2 heterocycles. The Morgan fingerprint density at radius 3 is 2.57 bits per heavy atom. The molecule has 0 fully saturated rings. The molecule has 0 saturated carbocycles. The molecule has 0 unspecified atom stereocenters. The van der Waals surface area contributed by atoms with E-state index in [-0.39, 0.29) is 11.3 Å². The summed E-state index contributed by atoms with van der Waals surface area (Å²) >= 11 is 1.45. The van der Waals surface area contributed by atoms with Crippen LogP contribution in [0, 0.1) is 0 Å². The van der Waals surface area contributed by atoms with E-state index in [1.54, 1.807) is 0 Å². The van der Waals surface area contributed by atoms with Gasteiger partial charge in [0.2, 0.25) is 0 Å². The largest absolute Gasteiger partial charge is 0.573 e. The maximum atomic E-state index is 13.3. The number of rotatable bonds is 6. The normalized spacial score (nSPS) is 12.0. The minimum atomic E-state index is -4.77. The average molecular weight is 433 g/mol. The van der Waals surface area contributed by atoms with Gasteiger partial charge < -0.3 is 9.72 Å². The van der Waals surface area contributed by atoms with Crippen LogP contribution in [0.1, 0.15) is 19.8 Å². The van der Waals surface area contributed by atoms with E-state index >= 15 is 0 Å². The van der Waals surface area contributed by atoms with E-state index in [0.717, 1.165) is 29.5 Å². The monoisotopic (exact) mass is 433 g/mol. The van der Waals surface area contributed by atoms with Crippen molar-refractivity contribution in [2.75, 3.05) is 5.75 Å². The number of hydrogen-bond acceptors (Lipinski definition) is 4. The lowest BCUT2D eigenvalue weighted by molar-refractivity contribution is -0.274. The van der Waals surface area contributed by atoms with E-state index in [9.17, 15) is 18.0 Å². The molecule has 156 valence electrons. The number of aromatic nitrogens is 3. The molecule has 2 aromatic carbocycles. The molecule has 0 aliphatic rings. The zero-order valence-electron chi connectivity index (χ0n) is 16.0. The Morgan fingerprint density at radius 2 is 1.87 bits per heavy atom. The van der Waals surface area contributed by atoms with E-state index in [4.69, 9.17) is 4.98 Å². The highest BCUT2D eigenvalue weighted by atomic mass is 32.2. The van der Waals surface area contributed by atoms with Crippen LogP contribution in [0.25, 0.3) is 27.6 Å². The molecule has 0 aliphatic heterocycles. The number of nitrogens with zero attached hydrogens (tertiary/aromatic N) is 2. The number of benzene rings is 2. The predicted octanol–water partition coefficient (Wildman–Crippen LogP) is 5.66. The first kappa shape index (κ1) is 20.3. The maximum absolute atomic E-state index is 13.3. The number of H-pyrrole nitrogens is 1. The van der Waals surface area contributed by atoms with Crippen molar-refractivity contribution in [1.29, 1.82) is 0 Å². The lowest BCUT2D eigenvalue weighted by Crippen LogP contribution is -2.22. The van der Waals surface area contributed by atoms with Gasteiger partial charge >= 0.3 is 6.36 Å². The van der Waals surface area contributed by atoms with Gasteiger partial charge in [-0.1, -0.05) is 43.3 Å². The molecule has 4 aromatic rings. The molecular formula is C21H18F3N3O2S. The molecule has 0 saturated heterocycles. The molecule has 4 rings (SSSR count).